The molecule has 2 unspecified atom stereocenters. The molecule has 8 heteroatoms. The highest BCUT2D eigenvalue weighted by Gasteiger charge is 2.48. The van der Waals surface area contributed by atoms with Crippen LogP contribution in [0.4, 0.5) is 4.79 Å². The van der Waals surface area contributed by atoms with E-state index in [2.05, 4.69) is 4.99 Å². The third kappa shape index (κ3) is 4.42. The average Bonchev–Trinajstić information content (AvgIpc) is 3.29. The SMILES string of the molecule is Cn1c(-c2ccc(C3(C)CC(C4C[C@@H](O)CN4C(=O)OC(C)(C)C)=NC3=O)cc2)cccc1=O. The molecule has 180 valence electrons. The maximum absolute atomic E-state index is 13.1. The van der Waals surface area contributed by atoms with Gasteiger partial charge in [-0.1, -0.05) is 30.3 Å². The fourth-order valence-corrected chi connectivity index (χ4v) is 4.66. The smallest absolute Gasteiger partial charge is 0.410 e. The zero-order chi connectivity index (χ0) is 24.8. The lowest BCUT2D eigenvalue weighted by molar-refractivity contribution is -0.121. The first-order valence-electron chi connectivity index (χ1n) is 11.5. The van der Waals surface area contributed by atoms with Crippen LogP contribution in [0.15, 0.2) is 52.3 Å². The van der Waals surface area contributed by atoms with Gasteiger partial charge in [0.05, 0.1) is 29.8 Å². The summed E-state index contributed by atoms with van der Waals surface area (Å²) >= 11 is 0. The molecule has 0 bridgehead atoms. The Morgan fingerprint density at radius 2 is 1.82 bits per heavy atom. The van der Waals surface area contributed by atoms with Crippen molar-refractivity contribution in [1.29, 1.82) is 0 Å². The molecule has 1 aromatic carbocycles. The van der Waals surface area contributed by atoms with E-state index in [-0.39, 0.29) is 18.0 Å². The van der Waals surface area contributed by atoms with Crippen molar-refractivity contribution in [2.24, 2.45) is 12.0 Å². The number of likely N-dealkylation sites (tertiary alicyclic amines) is 1. The Morgan fingerprint density at radius 1 is 1.15 bits per heavy atom. The van der Waals surface area contributed by atoms with Gasteiger partial charge in [-0.25, -0.2) is 9.79 Å². The summed E-state index contributed by atoms with van der Waals surface area (Å²) in [6.45, 7) is 7.36. The normalized spacial score (nSPS) is 24.9. The van der Waals surface area contributed by atoms with Crippen molar-refractivity contribution >= 4 is 17.7 Å². The fourth-order valence-electron chi connectivity index (χ4n) is 4.66. The number of pyridine rings is 1. The first-order chi connectivity index (χ1) is 15.9. The Hall–Kier alpha value is -3.26. The van der Waals surface area contributed by atoms with Crippen molar-refractivity contribution in [3.8, 4) is 11.3 Å². The molecule has 34 heavy (non-hydrogen) atoms. The predicted molar refractivity (Wildman–Crippen MR) is 129 cm³/mol. The predicted octanol–water partition coefficient (Wildman–Crippen LogP) is 3.05. The van der Waals surface area contributed by atoms with E-state index in [9.17, 15) is 19.5 Å². The number of aliphatic imine (C=N–C) groups is 1. The van der Waals surface area contributed by atoms with E-state index in [0.29, 0.717) is 18.6 Å². The van der Waals surface area contributed by atoms with Crippen molar-refractivity contribution in [2.75, 3.05) is 6.54 Å². The number of ether oxygens (including phenoxy) is 1. The molecule has 2 aliphatic heterocycles. The first-order valence-corrected chi connectivity index (χ1v) is 11.5. The summed E-state index contributed by atoms with van der Waals surface area (Å²) in [6.07, 6.45) is -0.539. The van der Waals surface area contributed by atoms with E-state index in [0.717, 1.165) is 16.8 Å². The second kappa shape index (κ2) is 8.51. The molecule has 3 atom stereocenters. The van der Waals surface area contributed by atoms with Gasteiger partial charge in [0.2, 0.25) is 0 Å². The summed E-state index contributed by atoms with van der Waals surface area (Å²) < 4.78 is 7.09. The molecule has 2 aliphatic rings. The number of aromatic nitrogens is 1. The van der Waals surface area contributed by atoms with Gasteiger partial charge < -0.3 is 14.4 Å². The number of benzene rings is 1. The number of carbonyl (C=O) groups excluding carboxylic acids is 2. The minimum Gasteiger partial charge on any atom is -0.444 e. The summed E-state index contributed by atoms with van der Waals surface area (Å²) in [4.78, 5) is 43.6. The first kappa shape index (κ1) is 23.9. The molecule has 0 radical (unpaired) electrons. The van der Waals surface area contributed by atoms with Crippen molar-refractivity contribution in [1.82, 2.24) is 9.47 Å². The van der Waals surface area contributed by atoms with Crippen LogP contribution in [-0.4, -0.2) is 56.6 Å². The number of aliphatic hydroxyl groups is 1. The Balaban J connectivity index is 1.57. The molecule has 1 saturated heterocycles. The lowest BCUT2D eigenvalue weighted by Crippen LogP contribution is -2.43. The van der Waals surface area contributed by atoms with Crippen LogP contribution in [0.1, 0.15) is 46.1 Å². The molecule has 2 aromatic rings. The Morgan fingerprint density at radius 3 is 2.47 bits per heavy atom. The number of amides is 2. The number of rotatable bonds is 3. The number of carbonyl (C=O) groups is 2. The lowest BCUT2D eigenvalue weighted by atomic mass is 9.78. The third-order valence-corrected chi connectivity index (χ3v) is 6.55. The summed E-state index contributed by atoms with van der Waals surface area (Å²) in [5.41, 5.74) is 1.42. The number of hydrogen-bond acceptors (Lipinski definition) is 5. The van der Waals surface area contributed by atoms with Gasteiger partial charge in [-0.15, -0.1) is 0 Å². The summed E-state index contributed by atoms with van der Waals surface area (Å²) in [5.74, 6) is -0.270. The topological polar surface area (TPSA) is 101 Å². The van der Waals surface area contributed by atoms with Crippen molar-refractivity contribution < 1.29 is 19.4 Å². The van der Waals surface area contributed by atoms with E-state index < -0.39 is 29.3 Å². The van der Waals surface area contributed by atoms with Gasteiger partial charge in [0.25, 0.3) is 11.5 Å². The molecule has 1 fully saturated rings. The number of β-amino-alcohol motifs (C(OH)–C–C–N with tert-alkyl or cyclic N) is 1. The Kier molecular flexibility index (Phi) is 5.97. The Labute approximate surface area is 198 Å². The van der Waals surface area contributed by atoms with Crippen LogP contribution in [0.3, 0.4) is 0 Å². The second-order valence-corrected chi connectivity index (χ2v) is 10.3. The maximum Gasteiger partial charge on any atom is 0.410 e. The monoisotopic (exact) mass is 465 g/mol. The molecule has 1 N–H and O–H groups in total. The highest BCUT2D eigenvalue weighted by Crippen LogP contribution is 2.38. The summed E-state index contributed by atoms with van der Waals surface area (Å²) in [7, 11) is 1.72. The molecular weight excluding hydrogens is 434 g/mol. The molecule has 1 aromatic heterocycles. The van der Waals surface area contributed by atoms with Crippen LogP contribution in [-0.2, 0) is 22.0 Å². The van der Waals surface area contributed by atoms with E-state index >= 15 is 0 Å². The van der Waals surface area contributed by atoms with Crippen LogP contribution in [0, 0.1) is 0 Å². The van der Waals surface area contributed by atoms with E-state index in [1.54, 1.807) is 38.5 Å². The van der Waals surface area contributed by atoms with Gasteiger partial charge in [-0.2, -0.15) is 0 Å². The van der Waals surface area contributed by atoms with Crippen LogP contribution < -0.4 is 5.56 Å². The molecular formula is C26H31N3O5. The molecule has 3 heterocycles. The zero-order valence-electron chi connectivity index (χ0n) is 20.2. The van der Waals surface area contributed by atoms with Gasteiger partial charge in [-0.3, -0.25) is 14.5 Å². The standard InChI is InChI=1S/C26H31N3O5/c1-25(2,3)34-24(33)29-15-18(30)13-21(29)19-14-26(4,23(32)27-19)17-11-9-16(10-12-17)20-7-6-8-22(31)28(20)5/h6-12,18,21,30H,13-15H2,1-5H3/t18-,21?,26?/m1/s1. The van der Waals surface area contributed by atoms with Gasteiger partial charge in [-0.05, 0) is 44.9 Å². The molecule has 4 rings (SSSR count). The van der Waals surface area contributed by atoms with E-state index in [4.69, 9.17) is 4.74 Å². The van der Waals surface area contributed by atoms with Crippen LogP contribution in [0.25, 0.3) is 11.3 Å². The highest BCUT2D eigenvalue weighted by atomic mass is 16.6. The quantitative estimate of drug-likeness (QED) is 0.751. The van der Waals surface area contributed by atoms with Gasteiger partial charge in [0.1, 0.15) is 5.60 Å². The van der Waals surface area contributed by atoms with Crippen molar-refractivity contribution in [2.45, 2.75) is 63.7 Å². The van der Waals surface area contributed by atoms with E-state index in [1.165, 1.54) is 11.0 Å². The second-order valence-electron chi connectivity index (χ2n) is 10.3. The number of nitrogens with zero attached hydrogens (tertiary/aromatic N) is 3. The zero-order valence-corrected chi connectivity index (χ0v) is 20.2. The lowest BCUT2D eigenvalue weighted by Gasteiger charge is -2.29. The molecule has 0 saturated carbocycles. The average molecular weight is 466 g/mol. The minimum absolute atomic E-state index is 0.0918. The Bertz CT molecular complexity index is 1210. The highest BCUT2D eigenvalue weighted by molar-refractivity contribution is 6.11. The number of aliphatic hydroxyl groups excluding tert-OH is 1. The van der Waals surface area contributed by atoms with E-state index in [1.807, 2.05) is 37.3 Å². The summed E-state index contributed by atoms with van der Waals surface area (Å²) in [5, 5.41) is 10.3. The fraction of sp³-hybridized carbons (Fsp3) is 0.462. The van der Waals surface area contributed by atoms with Gasteiger partial charge >= 0.3 is 6.09 Å². The van der Waals surface area contributed by atoms with Crippen LogP contribution in [0.2, 0.25) is 0 Å². The molecule has 8 nitrogen and oxygen atoms in total. The molecule has 0 aliphatic carbocycles. The summed E-state index contributed by atoms with van der Waals surface area (Å²) in [6, 6.07) is 12.2. The van der Waals surface area contributed by atoms with Crippen molar-refractivity contribution in [3.05, 3.63) is 58.4 Å². The number of hydrogen-bond donors (Lipinski definition) is 1. The molecule has 2 amide bonds. The van der Waals surface area contributed by atoms with Crippen LogP contribution >= 0.6 is 0 Å². The van der Waals surface area contributed by atoms with Gasteiger partial charge in [0.15, 0.2) is 0 Å². The minimum atomic E-state index is -0.871. The molecule has 0 spiro atoms. The third-order valence-electron chi connectivity index (χ3n) is 6.55. The van der Waals surface area contributed by atoms with Crippen LogP contribution in [0.5, 0.6) is 0 Å². The van der Waals surface area contributed by atoms with Crippen molar-refractivity contribution in [3.63, 3.8) is 0 Å². The van der Waals surface area contributed by atoms with Gasteiger partial charge in [0, 0.05) is 31.7 Å². The maximum atomic E-state index is 13.1. The largest absolute Gasteiger partial charge is 0.444 e.